The van der Waals surface area contributed by atoms with E-state index in [-0.39, 0.29) is 17.9 Å². The highest BCUT2D eigenvalue weighted by Crippen LogP contribution is 2.37. The average molecular weight is 318 g/mol. The van der Waals surface area contributed by atoms with E-state index in [0.717, 1.165) is 0 Å². The molecule has 0 bridgehead atoms. The van der Waals surface area contributed by atoms with Crippen molar-refractivity contribution in [2.75, 3.05) is 6.61 Å². The predicted octanol–water partition coefficient (Wildman–Crippen LogP) is 0.617. The Morgan fingerprint density at radius 2 is 2.05 bits per heavy atom. The molecule has 2 N–H and O–H groups in total. The van der Waals surface area contributed by atoms with E-state index in [2.05, 4.69) is 4.18 Å². The number of rotatable bonds is 5. The summed E-state index contributed by atoms with van der Waals surface area (Å²) in [6.07, 6.45) is -2.29. The number of nitro groups is 1. The number of nitrogens with zero attached hydrogens (tertiary/aromatic N) is 1. The Morgan fingerprint density at radius 3 is 2.67 bits per heavy atom. The van der Waals surface area contributed by atoms with E-state index in [0.29, 0.717) is 0 Å². The van der Waals surface area contributed by atoms with E-state index in [9.17, 15) is 18.5 Å². The molecular formula is C11H14N2O7S. The topological polar surface area (TPSA) is 131 Å². The fraction of sp³-hybridized carbons (Fsp3) is 0.455. The maximum Gasteiger partial charge on any atom is 0.333 e. The van der Waals surface area contributed by atoms with E-state index in [1.807, 2.05) is 0 Å². The first-order chi connectivity index (χ1) is 9.78. The molecule has 21 heavy (non-hydrogen) atoms. The molecule has 1 aliphatic heterocycles. The van der Waals surface area contributed by atoms with Gasteiger partial charge in [-0.15, -0.1) is 0 Å². The summed E-state index contributed by atoms with van der Waals surface area (Å²) < 4.78 is 37.0. The van der Waals surface area contributed by atoms with Crippen LogP contribution in [0.1, 0.15) is 18.6 Å². The summed E-state index contributed by atoms with van der Waals surface area (Å²) in [5.41, 5.74) is 0.149. The second-order valence-corrected chi connectivity index (χ2v) is 5.61. The normalized spacial score (nSPS) is 25.9. The van der Waals surface area contributed by atoms with Gasteiger partial charge in [0, 0.05) is 6.07 Å². The molecule has 1 aromatic carbocycles. The number of hydrogen-bond acceptors (Lipinski definition) is 7. The summed E-state index contributed by atoms with van der Waals surface area (Å²) >= 11 is 0. The molecule has 116 valence electrons. The van der Waals surface area contributed by atoms with Gasteiger partial charge in [-0.1, -0.05) is 12.1 Å². The van der Waals surface area contributed by atoms with Crippen molar-refractivity contribution >= 4 is 16.0 Å². The molecule has 1 saturated heterocycles. The van der Waals surface area contributed by atoms with Gasteiger partial charge in [0.1, 0.15) is 12.2 Å². The minimum absolute atomic E-state index is 0.138. The zero-order valence-electron chi connectivity index (χ0n) is 11.0. The Hall–Kier alpha value is -1.59. The van der Waals surface area contributed by atoms with Crippen molar-refractivity contribution in [2.24, 2.45) is 5.14 Å². The van der Waals surface area contributed by atoms with E-state index >= 15 is 0 Å². The molecule has 1 aliphatic rings. The lowest BCUT2D eigenvalue weighted by molar-refractivity contribution is -0.386. The molecule has 1 fully saturated rings. The first-order valence-corrected chi connectivity index (χ1v) is 7.46. The van der Waals surface area contributed by atoms with Gasteiger partial charge in [0.25, 0.3) is 5.69 Å². The molecule has 0 spiro atoms. The number of ether oxygens (including phenoxy) is 2. The summed E-state index contributed by atoms with van der Waals surface area (Å²) in [6, 6.07) is 6.00. The molecule has 0 amide bonds. The van der Waals surface area contributed by atoms with Gasteiger partial charge >= 0.3 is 10.3 Å². The van der Waals surface area contributed by atoms with E-state index in [4.69, 9.17) is 14.6 Å². The lowest BCUT2D eigenvalue weighted by Gasteiger charge is -2.16. The summed E-state index contributed by atoms with van der Waals surface area (Å²) in [5.74, 6) is 0. The van der Waals surface area contributed by atoms with E-state index < -0.39 is 33.7 Å². The van der Waals surface area contributed by atoms with Crippen LogP contribution >= 0.6 is 0 Å². The molecule has 1 aromatic rings. The van der Waals surface area contributed by atoms with Crippen LogP contribution in [0.25, 0.3) is 0 Å². The molecule has 1 heterocycles. The SMILES string of the molecule is CC1O[C@H](c2ccccc2[N+](=O)[O-])[C@@H](COS(N)(=O)=O)O1. The van der Waals surface area contributed by atoms with Gasteiger partial charge < -0.3 is 9.47 Å². The van der Waals surface area contributed by atoms with Crippen molar-refractivity contribution in [1.82, 2.24) is 0 Å². The van der Waals surface area contributed by atoms with Crippen molar-refractivity contribution in [3.63, 3.8) is 0 Å². The molecular weight excluding hydrogens is 304 g/mol. The molecule has 0 aliphatic carbocycles. The van der Waals surface area contributed by atoms with Crippen LogP contribution in [0.5, 0.6) is 0 Å². The summed E-state index contributed by atoms with van der Waals surface area (Å²) in [4.78, 5) is 10.5. The number of nitro benzene ring substituents is 1. The highest BCUT2D eigenvalue weighted by Gasteiger charge is 2.39. The van der Waals surface area contributed by atoms with Crippen LogP contribution in [0.2, 0.25) is 0 Å². The minimum atomic E-state index is -4.13. The van der Waals surface area contributed by atoms with Crippen LogP contribution in [-0.2, 0) is 24.0 Å². The molecule has 0 saturated carbocycles. The third-order valence-electron chi connectivity index (χ3n) is 2.88. The van der Waals surface area contributed by atoms with Gasteiger partial charge in [0.15, 0.2) is 6.29 Å². The first-order valence-electron chi connectivity index (χ1n) is 5.99. The molecule has 10 heteroatoms. The highest BCUT2D eigenvalue weighted by atomic mass is 32.2. The second-order valence-electron chi connectivity index (χ2n) is 4.39. The fourth-order valence-corrected chi connectivity index (χ4v) is 2.42. The molecule has 2 rings (SSSR count). The molecule has 0 aromatic heterocycles. The summed E-state index contributed by atoms with van der Waals surface area (Å²) in [5, 5.41) is 15.8. The molecule has 0 radical (unpaired) electrons. The van der Waals surface area contributed by atoms with Crippen LogP contribution in [0.15, 0.2) is 24.3 Å². The third kappa shape index (κ3) is 3.95. The van der Waals surface area contributed by atoms with Gasteiger partial charge in [-0.2, -0.15) is 8.42 Å². The Kier molecular flexibility index (Phi) is 4.54. The van der Waals surface area contributed by atoms with Crippen LogP contribution in [0, 0.1) is 10.1 Å². The summed E-state index contributed by atoms with van der Waals surface area (Å²) in [6.45, 7) is 1.21. The maximum atomic E-state index is 11.0. The number of benzene rings is 1. The number of hydrogen-bond donors (Lipinski definition) is 1. The fourth-order valence-electron chi connectivity index (χ4n) is 2.10. The van der Waals surface area contributed by atoms with Gasteiger partial charge in [0.2, 0.25) is 0 Å². The van der Waals surface area contributed by atoms with Gasteiger partial charge in [-0.25, -0.2) is 5.14 Å². The van der Waals surface area contributed by atoms with Crippen LogP contribution < -0.4 is 5.14 Å². The standard InChI is InChI=1S/C11H14N2O7S/c1-7-19-10(6-18-21(12,16)17)11(20-7)8-4-2-3-5-9(8)13(14)15/h2-5,7,10-11H,6H2,1H3,(H2,12,16,17)/t7?,10-,11-/m1/s1. The predicted molar refractivity (Wildman–Crippen MR) is 70.3 cm³/mol. The Labute approximate surface area is 121 Å². The van der Waals surface area contributed by atoms with Crippen molar-refractivity contribution in [2.45, 2.75) is 25.4 Å². The first kappa shape index (κ1) is 15.8. The Bertz CT molecular complexity index is 633. The van der Waals surface area contributed by atoms with Gasteiger partial charge in [-0.05, 0) is 13.0 Å². The van der Waals surface area contributed by atoms with Crippen molar-refractivity contribution in [3.8, 4) is 0 Å². The van der Waals surface area contributed by atoms with Crippen LogP contribution in [0.4, 0.5) is 5.69 Å². The zero-order valence-corrected chi connectivity index (χ0v) is 11.9. The lowest BCUT2D eigenvalue weighted by atomic mass is 10.0. The average Bonchev–Trinajstić information content (AvgIpc) is 2.76. The number of para-hydroxylation sites is 1. The van der Waals surface area contributed by atoms with Crippen LogP contribution in [0.3, 0.4) is 0 Å². The summed E-state index contributed by atoms with van der Waals surface area (Å²) in [7, 11) is -4.13. The highest BCUT2D eigenvalue weighted by molar-refractivity contribution is 7.84. The minimum Gasteiger partial charge on any atom is -0.344 e. The molecule has 3 atom stereocenters. The van der Waals surface area contributed by atoms with E-state index in [1.54, 1.807) is 13.0 Å². The second kappa shape index (κ2) is 6.03. The third-order valence-corrected chi connectivity index (χ3v) is 3.34. The van der Waals surface area contributed by atoms with Gasteiger partial charge in [-0.3, -0.25) is 14.3 Å². The van der Waals surface area contributed by atoms with Crippen molar-refractivity contribution < 1.29 is 27.0 Å². The smallest absolute Gasteiger partial charge is 0.333 e. The monoisotopic (exact) mass is 318 g/mol. The maximum absolute atomic E-state index is 11.0. The zero-order chi connectivity index (χ0) is 15.6. The van der Waals surface area contributed by atoms with Crippen molar-refractivity contribution in [1.29, 1.82) is 0 Å². The van der Waals surface area contributed by atoms with Crippen molar-refractivity contribution in [3.05, 3.63) is 39.9 Å². The Balaban J connectivity index is 2.26. The lowest BCUT2D eigenvalue weighted by Crippen LogP contribution is -2.27. The molecule has 9 nitrogen and oxygen atoms in total. The Morgan fingerprint density at radius 1 is 1.38 bits per heavy atom. The van der Waals surface area contributed by atoms with Crippen LogP contribution in [-0.4, -0.2) is 32.3 Å². The quantitative estimate of drug-likeness (QED) is 0.621. The van der Waals surface area contributed by atoms with Gasteiger partial charge in [0.05, 0.1) is 17.1 Å². The number of nitrogens with two attached hydrogens (primary N) is 1. The molecule has 1 unspecified atom stereocenters. The van der Waals surface area contributed by atoms with E-state index in [1.165, 1.54) is 18.2 Å². The largest absolute Gasteiger partial charge is 0.344 e.